The molecule has 1 atom stereocenters. The lowest BCUT2D eigenvalue weighted by molar-refractivity contribution is 0.636. The summed E-state index contributed by atoms with van der Waals surface area (Å²) in [6.07, 6.45) is 2.30. The van der Waals surface area contributed by atoms with Crippen molar-refractivity contribution in [2.45, 2.75) is 25.8 Å². The van der Waals surface area contributed by atoms with Crippen LogP contribution < -0.4 is 11.3 Å². The van der Waals surface area contributed by atoms with Crippen LogP contribution in [0.3, 0.4) is 0 Å². The summed E-state index contributed by atoms with van der Waals surface area (Å²) in [5.74, 6) is 5.73. The van der Waals surface area contributed by atoms with Crippen molar-refractivity contribution in [3.8, 4) is 0 Å². The van der Waals surface area contributed by atoms with Crippen LogP contribution in [0.25, 0.3) is 0 Å². The summed E-state index contributed by atoms with van der Waals surface area (Å²) in [6.45, 7) is 2.20. The van der Waals surface area contributed by atoms with E-state index in [2.05, 4.69) is 83.5 Å². The van der Waals surface area contributed by atoms with E-state index in [9.17, 15) is 0 Å². The summed E-state index contributed by atoms with van der Waals surface area (Å²) < 4.78 is 1.22. The van der Waals surface area contributed by atoms with Gasteiger partial charge in [-0.1, -0.05) is 49.7 Å². The first kappa shape index (κ1) is 14.5. The Morgan fingerprint density at radius 1 is 1.11 bits per heavy atom. The van der Waals surface area contributed by atoms with Crippen molar-refractivity contribution in [2.75, 3.05) is 0 Å². The van der Waals surface area contributed by atoms with Crippen LogP contribution >= 0.6 is 22.6 Å². The van der Waals surface area contributed by atoms with Crippen LogP contribution in [0.2, 0.25) is 0 Å². The largest absolute Gasteiger partial charge is 0.271 e. The Morgan fingerprint density at radius 3 is 2.42 bits per heavy atom. The van der Waals surface area contributed by atoms with Gasteiger partial charge in [-0.25, -0.2) is 5.43 Å². The maximum Gasteiger partial charge on any atom is 0.0710 e. The number of rotatable bonds is 5. The second kappa shape index (κ2) is 7.03. The Labute approximate surface area is 128 Å². The Morgan fingerprint density at radius 2 is 1.84 bits per heavy atom. The van der Waals surface area contributed by atoms with Crippen molar-refractivity contribution in [1.29, 1.82) is 0 Å². The van der Waals surface area contributed by atoms with Crippen molar-refractivity contribution >= 4 is 22.6 Å². The minimum absolute atomic E-state index is 0.0467. The first-order valence-corrected chi connectivity index (χ1v) is 7.63. The molecule has 2 rings (SSSR count). The number of hydrazine groups is 1. The number of nitrogens with two attached hydrogens (primary N) is 1. The van der Waals surface area contributed by atoms with E-state index in [1.165, 1.54) is 26.7 Å². The molecule has 100 valence electrons. The zero-order valence-corrected chi connectivity index (χ0v) is 13.2. The van der Waals surface area contributed by atoms with Crippen molar-refractivity contribution in [3.63, 3.8) is 0 Å². The van der Waals surface area contributed by atoms with Crippen molar-refractivity contribution < 1.29 is 0 Å². The molecule has 2 aromatic rings. The number of hydrogen-bond donors (Lipinski definition) is 2. The van der Waals surface area contributed by atoms with Crippen molar-refractivity contribution in [1.82, 2.24) is 5.43 Å². The molecule has 19 heavy (non-hydrogen) atoms. The standard InChI is InChI=1S/C16H19IN2/c1-2-4-12-7-9-13(10-8-12)16(19-18)14-5-3-6-15(17)11-14/h3,5-11,16,19H,2,4,18H2,1H3. The number of halogens is 1. The lowest BCUT2D eigenvalue weighted by Crippen LogP contribution is -2.28. The third-order valence-electron chi connectivity index (χ3n) is 3.20. The molecule has 0 aliphatic heterocycles. The summed E-state index contributed by atoms with van der Waals surface area (Å²) in [7, 11) is 0. The summed E-state index contributed by atoms with van der Waals surface area (Å²) >= 11 is 2.32. The van der Waals surface area contributed by atoms with E-state index in [1.54, 1.807) is 0 Å². The number of nitrogens with one attached hydrogen (secondary N) is 1. The fourth-order valence-corrected chi connectivity index (χ4v) is 2.80. The van der Waals surface area contributed by atoms with Crippen LogP contribution in [0.5, 0.6) is 0 Å². The third kappa shape index (κ3) is 3.78. The van der Waals surface area contributed by atoms with Crippen molar-refractivity contribution in [2.24, 2.45) is 5.84 Å². The smallest absolute Gasteiger partial charge is 0.0710 e. The predicted molar refractivity (Wildman–Crippen MR) is 88.8 cm³/mol. The molecule has 1 unspecified atom stereocenters. The molecule has 0 saturated carbocycles. The Balaban J connectivity index is 2.26. The zero-order chi connectivity index (χ0) is 13.7. The fraction of sp³-hybridized carbons (Fsp3) is 0.250. The molecule has 2 aromatic carbocycles. The molecule has 0 spiro atoms. The lowest BCUT2D eigenvalue weighted by Gasteiger charge is -2.17. The molecule has 0 aliphatic carbocycles. The van der Waals surface area contributed by atoms with Crippen LogP contribution in [0.4, 0.5) is 0 Å². The van der Waals surface area contributed by atoms with E-state index in [1.807, 2.05) is 0 Å². The second-order valence-corrected chi connectivity index (χ2v) is 5.89. The molecule has 0 radical (unpaired) electrons. The molecule has 0 amide bonds. The van der Waals surface area contributed by atoms with E-state index in [0.29, 0.717) is 0 Å². The highest BCUT2D eigenvalue weighted by atomic mass is 127. The summed E-state index contributed by atoms with van der Waals surface area (Å²) in [5, 5.41) is 0. The van der Waals surface area contributed by atoms with Crippen LogP contribution in [-0.2, 0) is 6.42 Å². The van der Waals surface area contributed by atoms with Gasteiger partial charge in [0.15, 0.2) is 0 Å². The second-order valence-electron chi connectivity index (χ2n) is 4.65. The molecule has 3 N–H and O–H groups in total. The maximum atomic E-state index is 5.73. The topological polar surface area (TPSA) is 38.0 Å². The van der Waals surface area contributed by atoms with Gasteiger partial charge in [-0.05, 0) is 57.8 Å². The van der Waals surface area contributed by atoms with Gasteiger partial charge in [-0.2, -0.15) is 0 Å². The molecule has 0 saturated heterocycles. The van der Waals surface area contributed by atoms with Crippen molar-refractivity contribution in [3.05, 3.63) is 68.8 Å². The highest BCUT2D eigenvalue weighted by Crippen LogP contribution is 2.23. The van der Waals surface area contributed by atoms with Gasteiger partial charge in [0.1, 0.15) is 0 Å². The first-order chi connectivity index (χ1) is 9.24. The molecule has 0 heterocycles. The van der Waals surface area contributed by atoms with E-state index < -0.39 is 0 Å². The Hall–Kier alpha value is -0.910. The molecular weight excluding hydrogens is 347 g/mol. The van der Waals surface area contributed by atoms with Gasteiger partial charge in [0.05, 0.1) is 6.04 Å². The molecule has 3 heteroatoms. The Kier molecular flexibility index (Phi) is 5.36. The molecular formula is C16H19IN2. The predicted octanol–water partition coefficient (Wildman–Crippen LogP) is 3.80. The summed E-state index contributed by atoms with van der Waals surface area (Å²) in [4.78, 5) is 0. The fourth-order valence-electron chi connectivity index (χ4n) is 2.24. The van der Waals surface area contributed by atoms with Gasteiger partial charge < -0.3 is 0 Å². The summed E-state index contributed by atoms with van der Waals surface area (Å²) in [6, 6.07) is 17.2. The number of aryl methyl sites for hydroxylation is 1. The lowest BCUT2D eigenvalue weighted by atomic mass is 9.97. The maximum absolute atomic E-state index is 5.73. The monoisotopic (exact) mass is 366 g/mol. The van der Waals surface area contributed by atoms with Crippen LogP contribution in [-0.4, -0.2) is 0 Å². The highest BCUT2D eigenvalue weighted by molar-refractivity contribution is 14.1. The molecule has 0 aromatic heterocycles. The van der Waals surface area contributed by atoms with Crippen LogP contribution in [0, 0.1) is 3.57 Å². The van der Waals surface area contributed by atoms with E-state index >= 15 is 0 Å². The normalized spacial score (nSPS) is 12.4. The molecule has 2 nitrogen and oxygen atoms in total. The zero-order valence-electron chi connectivity index (χ0n) is 11.1. The number of benzene rings is 2. The van der Waals surface area contributed by atoms with Gasteiger partial charge in [0.25, 0.3) is 0 Å². The van der Waals surface area contributed by atoms with Gasteiger partial charge >= 0.3 is 0 Å². The average molecular weight is 366 g/mol. The van der Waals surface area contributed by atoms with Crippen LogP contribution in [0.15, 0.2) is 48.5 Å². The highest BCUT2D eigenvalue weighted by Gasteiger charge is 2.12. The van der Waals surface area contributed by atoms with E-state index in [-0.39, 0.29) is 6.04 Å². The van der Waals surface area contributed by atoms with Gasteiger partial charge in [0, 0.05) is 3.57 Å². The Bertz CT molecular complexity index is 523. The van der Waals surface area contributed by atoms with E-state index in [0.717, 1.165) is 6.42 Å². The quantitative estimate of drug-likeness (QED) is 0.480. The van der Waals surface area contributed by atoms with E-state index in [4.69, 9.17) is 5.84 Å². The number of hydrogen-bond acceptors (Lipinski definition) is 2. The summed E-state index contributed by atoms with van der Waals surface area (Å²) in [5.41, 5.74) is 6.68. The third-order valence-corrected chi connectivity index (χ3v) is 3.87. The van der Waals surface area contributed by atoms with Gasteiger partial charge in [-0.15, -0.1) is 0 Å². The first-order valence-electron chi connectivity index (χ1n) is 6.55. The minimum Gasteiger partial charge on any atom is -0.271 e. The molecule has 0 bridgehead atoms. The molecule has 0 aliphatic rings. The average Bonchev–Trinajstić information content (AvgIpc) is 2.42. The van der Waals surface area contributed by atoms with Crippen LogP contribution in [0.1, 0.15) is 36.1 Å². The minimum atomic E-state index is 0.0467. The van der Waals surface area contributed by atoms with Gasteiger partial charge in [-0.3, -0.25) is 5.84 Å². The molecule has 0 fully saturated rings. The van der Waals surface area contributed by atoms with Gasteiger partial charge in [0.2, 0.25) is 0 Å². The SMILES string of the molecule is CCCc1ccc(C(NN)c2cccc(I)c2)cc1.